The third-order valence-electron chi connectivity index (χ3n) is 4.29. The maximum absolute atomic E-state index is 13.7. The lowest BCUT2D eigenvalue weighted by Crippen LogP contribution is -2.13. The Morgan fingerprint density at radius 2 is 1.83 bits per heavy atom. The van der Waals surface area contributed by atoms with E-state index in [0.29, 0.717) is 33.8 Å². The van der Waals surface area contributed by atoms with E-state index in [1.165, 1.54) is 23.0 Å². The number of aromatic nitrogens is 3. The Morgan fingerprint density at radius 3 is 2.52 bits per heavy atom. The Morgan fingerprint density at radius 1 is 1.07 bits per heavy atom. The van der Waals surface area contributed by atoms with Crippen LogP contribution in [0.3, 0.4) is 0 Å². The molecule has 0 aliphatic heterocycles. The van der Waals surface area contributed by atoms with E-state index in [2.05, 4.69) is 15.4 Å². The average molecular weight is 383 g/mol. The zero-order chi connectivity index (χ0) is 20.2. The van der Waals surface area contributed by atoms with E-state index in [9.17, 15) is 9.18 Å². The smallest absolute Gasteiger partial charge is 0.259 e. The van der Waals surface area contributed by atoms with Gasteiger partial charge in [-0.15, -0.1) is 0 Å². The molecule has 0 spiro atoms. The number of pyridine rings is 1. The maximum atomic E-state index is 13.7. The first-order valence-electron chi connectivity index (χ1n) is 8.71. The molecule has 0 unspecified atom stereocenters. The van der Waals surface area contributed by atoms with Crippen molar-refractivity contribution in [3.63, 3.8) is 0 Å². The first-order chi connectivity index (χ1) is 14.2. The number of hydrogen-bond acceptors (Lipinski definition) is 4. The predicted molar refractivity (Wildman–Crippen MR) is 106 cm³/mol. The molecule has 0 fully saturated rings. The molecule has 2 heterocycles. The summed E-state index contributed by atoms with van der Waals surface area (Å²) in [5.41, 5.74) is 3.10. The molecule has 2 aromatic carbocycles. The van der Waals surface area contributed by atoms with Crippen molar-refractivity contribution in [2.45, 2.75) is 0 Å². The van der Waals surface area contributed by atoms with Gasteiger partial charge in [-0.1, -0.05) is 6.07 Å². The molecule has 0 saturated carbocycles. The van der Waals surface area contributed by atoms with Crippen LogP contribution in [0, 0.1) is 17.1 Å². The summed E-state index contributed by atoms with van der Waals surface area (Å²) in [6.07, 6.45) is 4.67. The van der Waals surface area contributed by atoms with Crippen molar-refractivity contribution in [2.75, 3.05) is 5.32 Å². The van der Waals surface area contributed by atoms with Gasteiger partial charge in [0.05, 0.1) is 34.8 Å². The van der Waals surface area contributed by atoms with Gasteiger partial charge >= 0.3 is 0 Å². The van der Waals surface area contributed by atoms with Crippen LogP contribution in [0.5, 0.6) is 0 Å². The van der Waals surface area contributed by atoms with Gasteiger partial charge < -0.3 is 5.32 Å². The standard InChI is InChI=1S/C22H14FN5O/c23-17-2-1-3-19(12-17)28-21(16-8-10-25-11-9-16)20(14-26-28)22(29)27-18-6-4-15(13-24)5-7-18/h1-12,14H,(H,27,29). The molecule has 1 amide bonds. The van der Waals surface area contributed by atoms with Gasteiger partial charge in [0.25, 0.3) is 5.91 Å². The minimum absolute atomic E-state index is 0.324. The van der Waals surface area contributed by atoms with Crippen LogP contribution in [0.4, 0.5) is 10.1 Å². The van der Waals surface area contributed by atoms with Gasteiger partial charge in [0.2, 0.25) is 0 Å². The lowest BCUT2D eigenvalue weighted by atomic mass is 10.1. The quantitative estimate of drug-likeness (QED) is 0.573. The summed E-state index contributed by atoms with van der Waals surface area (Å²) in [5.74, 6) is -0.772. The molecular formula is C22H14FN5O. The van der Waals surface area contributed by atoms with Crippen molar-refractivity contribution in [2.24, 2.45) is 0 Å². The van der Waals surface area contributed by atoms with E-state index in [4.69, 9.17) is 5.26 Å². The summed E-state index contributed by atoms with van der Waals surface area (Å²) in [4.78, 5) is 17.0. The monoisotopic (exact) mass is 383 g/mol. The van der Waals surface area contributed by atoms with Crippen LogP contribution in [0.1, 0.15) is 15.9 Å². The summed E-state index contributed by atoms with van der Waals surface area (Å²) < 4.78 is 15.3. The maximum Gasteiger partial charge on any atom is 0.259 e. The van der Waals surface area contributed by atoms with E-state index < -0.39 is 5.82 Å². The number of nitrogens with one attached hydrogen (secondary N) is 1. The molecule has 0 bridgehead atoms. The molecule has 6 nitrogen and oxygen atoms in total. The molecule has 140 valence electrons. The van der Waals surface area contributed by atoms with Gasteiger partial charge in [-0.05, 0) is 54.6 Å². The van der Waals surface area contributed by atoms with E-state index >= 15 is 0 Å². The molecule has 4 rings (SSSR count). The zero-order valence-electron chi connectivity index (χ0n) is 15.1. The Labute approximate surface area is 165 Å². The highest BCUT2D eigenvalue weighted by atomic mass is 19.1. The lowest BCUT2D eigenvalue weighted by Gasteiger charge is -2.11. The van der Waals surface area contributed by atoms with Crippen LogP contribution in [0.25, 0.3) is 16.9 Å². The van der Waals surface area contributed by atoms with E-state index in [1.807, 2.05) is 6.07 Å². The average Bonchev–Trinajstić information content (AvgIpc) is 3.20. The highest BCUT2D eigenvalue weighted by Crippen LogP contribution is 2.27. The molecule has 29 heavy (non-hydrogen) atoms. The molecule has 0 radical (unpaired) electrons. The highest BCUT2D eigenvalue weighted by molar-refractivity contribution is 6.08. The molecular weight excluding hydrogens is 369 g/mol. The number of carbonyl (C=O) groups is 1. The lowest BCUT2D eigenvalue weighted by molar-refractivity contribution is 0.102. The molecule has 0 saturated heterocycles. The summed E-state index contributed by atoms with van der Waals surface area (Å²) in [6.45, 7) is 0. The fourth-order valence-corrected chi connectivity index (χ4v) is 2.93. The number of nitriles is 1. The van der Waals surface area contributed by atoms with E-state index in [-0.39, 0.29) is 5.91 Å². The molecule has 7 heteroatoms. The number of hydrogen-bond donors (Lipinski definition) is 1. The Balaban J connectivity index is 1.77. The van der Waals surface area contributed by atoms with Crippen molar-refractivity contribution < 1.29 is 9.18 Å². The first-order valence-corrected chi connectivity index (χ1v) is 8.71. The minimum Gasteiger partial charge on any atom is -0.322 e. The largest absolute Gasteiger partial charge is 0.322 e. The number of halogens is 1. The summed E-state index contributed by atoms with van der Waals surface area (Å²) >= 11 is 0. The van der Waals surface area contributed by atoms with Gasteiger partial charge in [-0.25, -0.2) is 9.07 Å². The number of nitrogens with zero attached hydrogens (tertiary/aromatic N) is 4. The molecule has 0 aliphatic rings. The highest BCUT2D eigenvalue weighted by Gasteiger charge is 2.20. The van der Waals surface area contributed by atoms with E-state index in [1.54, 1.807) is 60.9 Å². The second-order valence-corrected chi connectivity index (χ2v) is 6.18. The van der Waals surface area contributed by atoms with Crippen molar-refractivity contribution in [1.82, 2.24) is 14.8 Å². The third-order valence-corrected chi connectivity index (χ3v) is 4.29. The van der Waals surface area contributed by atoms with Crippen LogP contribution in [0.15, 0.2) is 79.3 Å². The van der Waals surface area contributed by atoms with Crippen molar-refractivity contribution >= 4 is 11.6 Å². The number of carbonyl (C=O) groups excluding carboxylic acids is 1. The first kappa shape index (κ1) is 18.1. The number of benzene rings is 2. The second kappa shape index (κ2) is 7.74. The van der Waals surface area contributed by atoms with Crippen LogP contribution < -0.4 is 5.32 Å². The van der Waals surface area contributed by atoms with Crippen LogP contribution in [-0.4, -0.2) is 20.7 Å². The molecule has 0 atom stereocenters. The fraction of sp³-hybridized carbons (Fsp3) is 0. The fourth-order valence-electron chi connectivity index (χ4n) is 2.93. The van der Waals surface area contributed by atoms with Gasteiger partial charge in [0.1, 0.15) is 5.82 Å². The Hall–Kier alpha value is -4.31. The third kappa shape index (κ3) is 3.73. The van der Waals surface area contributed by atoms with Crippen LogP contribution >= 0.6 is 0 Å². The van der Waals surface area contributed by atoms with Crippen molar-refractivity contribution in [1.29, 1.82) is 5.26 Å². The van der Waals surface area contributed by atoms with Crippen LogP contribution in [-0.2, 0) is 0 Å². The second-order valence-electron chi connectivity index (χ2n) is 6.18. The minimum atomic E-state index is -0.401. The van der Waals surface area contributed by atoms with E-state index in [0.717, 1.165) is 0 Å². The van der Waals surface area contributed by atoms with Crippen LogP contribution in [0.2, 0.25) is 0 Å². The summed E-state index contributed by atoms with van der Waals surface area (Å²) in [5, 5.41) is 16.0. The zero-order valence-corrected chi connectivity index (χ0v) is 15.1. The predicted octanol–water partition coefficient (Wildman–Crippen LogP) is 4.20. The van der Waals surface area contributed by atoms with Gasteiger partial charge in [0, 0.05) is 23.6 Å². The summed E-state index contributed by atoms with van der Waals surface area (Å²) in [7, 11) is 0. The van der Waals surface area contributed by atoms with Gasteiger partial charge in [0.15, 0.2) is 0 Å². The summed E-state index contributed by atoms with van der Waals surface area (Å²) in [6, 6.07) is 18.1. The number of amides is 1. The molecule has 2 aromatic heterocycles. The Bertz CT molecular complexity index is 1210. The van der Waals surface area contributed by atoms with Crippen molar-refractivity contribution in [3.05, 3.63) is 96.2 Å². The topological polar surface area (TPSA) is 83.6 Å². The van der Waals surface area contributed by atoms with Gasteiger partial charge in [-0.2, -0.15) is 10.4 Å². The number of anilines is 1. The normalized spacial score (nSPS) is 10.3. The van der Waals surface area contributed by atoms with Crippen molar-refractivity contribution in [3.8, 4) is 23.0 Å². The molecule has 4 aromatic rings. The van der Waals surface area contributed by atoms with Gasteiger partial charge in [-0.3, -0.25) is 9.78 Å². The Kier molecular flexibility index (Phi) is 4.82. The number of rotatable bonds is 4. The SMILES string of the molecule is N#Cc1ccc(NC(=O)c2cnn(-c3cccc(F)c3)c2-c2ccncc2)cc1. The molecule has 0 aliphatic carbocycles. The molecule has 1 N–H and O–H groups in total.